The molecular formula is C23H32N4O6. The lowest BCUT2D eigenvalue weighted by Gasteiger charge is -2.34. The first-order valence-electron chi connectivity index (χ1n) is 11.5. The number of hydrogen-bond acceptors (Lipinski definition) is 8. The second-order valence-corrected chi connectivity index (χ2v) is 8.07. The number of imide groups is 1. The van der Waals surface area contributed by atoms with E-state index in [-0.39, 0.29) is 44.0 Å². The molecule has 2 aliphatic rings. The number of carbonyl (C=O) groups is 4. The zero-order valence-electron chi connectivity index (χ0n) is 18.9. The van der Waals surface area contributed by atoms with Gasteiger partial charge < -0.3 is 9.64 Å². The van der Waals surface area contributed by atoms with Crippen LogP contribution in [0, 0.1) is 0 Å². The molecule has 0 saturated heterocycles. The summed E-state index contributed by atoms with van der Waals surface area (Å²) in [7, 11) is 0. The van der Waals surface area contributed by atoms with Crippen molar-refractivity contribution >= 4 is 36.2 Å². The van der Waals surface area contributed by atoms with Crippen LogP contribution >= 0.6 is 0 Å². The lowest BCUT2D eigenvalue weighted by atomic mass is 9.98. The van der Waals surface area contributed by atoms with Gasteiger partial charge in [0, 0.05) is 26.1 Å². The quantitative estimate of drug-likeness (QED) is 0.197. The highest BCUT2D eigenvalue weighted by Gasteiger charge is 2.35. The molecule has 10 nitrogen and oxygen atoms in total. The maximum atomic E-state index is 13.5. The first kappa shape index (κ1) is 26.1. The van der Waals surface area contributed by atoms with Gasteiger partial charge in [-0.3, -0.25) is 14.6 Å². The van der Waals surface area contributed by atoms with Gasteiger partial charge in [0.25, 0.3) is 0 Å². The van der Waals surface area contributed by atoms with Crippen molar-refractivity contribution in [3.05, 3.63) is 12.2 Å². The molecule has 0 saturated carbocycles. The predicted octanol–water partition coefficient (Wildman–Crippen LogP) is 3.20. The van der Waals surface area contributed by atoms with Gasteiger partial charge in [-0.25, -0.2) is 24.3 Å². The van der Waals surface area contributed by atoms with Crippen LogP contribution in [-0.2, 0) is 19.1 Å². The van der Waals surface area contributed by atoms with Gasteiger partial charge in [-0.2, -0.15) is 0 Å². The standard InChI is InChI=1S/C23H32N4O6/c28-17-24-12-6-9-15-27-22(31)26(14-8-7-13-25-18-33-23(27)32)20-11-5-3-1-2-4-10-19(29)16-21(20)30/h2,4,18,20H,1,3,5-16H2/b4-2-,25-18?. The van der Waals surface area contributed by atoms with Gasteiger partial charge in [-0.15, -0.1) is 0 Å². The maximum Gasteiger partial charge on any atom is 0.424 e. The Morgan fingerprint density at radius 3 is 2.76 bits per heavy atom. The van der Waals surface area contributed by atoms with Crippen molar-refractivity contribution in [2.75, 3.05) is 26.2 Å². The predicted molar refractivity (Wildman–Crippen MR) is 121 cm³/mol. The SMILES string of the molecule is O=C=NCCCCN1C(=O)OC=NCCCCN(C2CCCC/C=C\CC(=O)CC2=O)C1=O. The van der Waals surface area contributed by atoms with Gasteiger partial charge in [-0.1, -0.05) is 18.6 Å². The molecule has 0 aromatic carbocycles. The maximum absolute atomic E-state index is 13.5. The van der Waals surface area contributed by atoms with Crippen LogP contribution in [0.15, 0.2) is 22.1 Å². The highest BCUT2D eigenvalue weighted by Crippen LogP contribution is 2.19. The Hall–Kier alpha value is -3.13. The van der Waals surface area contributed by atoms with E-state index in [9.17, 15) is 24.0 Å². The summed E-state index contributed by atoms with van der Waals surface area (Å²) in [6, 6.07) is -1.40. The van der Waals surface area contributed by atoms with Crippen molar-refractivity contribution in [2.24, 2.45) is 9.98 Å². The number of isocyanates is 1. The third-order valence-electron chi connectivity index (χ3n) is 5.56. The highest BCUT2D eigenvalue weighted by molar-refractivity contribution is 6.03. The molecule has 2 rings (SSSR count). The van der Waals surface area contributed by atoms with Gasteiger partial charge in [0.2, 0.25) is 6.08 Å². The fourth-order valence-electron chi connectivity index (χ4n) is 3.80. The minimum absolute atomic E-state index is 0.0418. The van der Waals surface area contributed by atoms with Crippen LogP contribution in [0.25, 0.3) is 0 Å². The van der Waals surface area contributed by atoms with E-state index in [1.807, 2.05) is 6.08 Å². The van der Waals surface area contributed by atoms with Crippen molar-refractivity contribution in [1.82, 2.24) is 9.80 Å². The van der Waals surface area contributed by atoms with Crippen molar-refractivity contribution in [2.45, 2.75) is 70.3 Å². The monoisotopic (exact) mass is 460 g/mol. The number of carbonyl (C=O) groups excluding carboxylic acids is 5. The largest absolute Gasteiger partial charge is 0.424 e. The second kappa shape index (κ2) is 14.8. The van der Waals surface area contributed by atoms with Gasteiger partial charge >= 0.3 is 12.1 Å². The third kappa shape index (κ3) is 9.10. The zero-order chi connectivity index (χ0) is 23.9. The van der Waals surface area contributed by atoms with Crippen LogP contribution in [-0.4, -0.2) is 78.2 Å². The van der Waals surface area contributed by atoms with Crippen LogP contribution in [0.2, 0.25) is 0 Å². The molecule has 3 amide bonds. The van der Waals surface area contributed by atoms with Crippen LogP contribution in [0.5, 0.6) is 0 Å². The smallest absolute Gasteiger partial charge is 0.398 e. The van der Waals surface area contributed by atoms with Gasteiger partial charge in [0.15, 0.2) is 12.2 Å². The number of cyclic esters (lactones) is 1. The van der Waals surface area contributed by atoms with Crippen molar-refractivity contribution in [1.29, 1.82) is 0 Å². The number of urea groups is 1. The number of allylic oxidation sites excluding steroid dienone is 2. The molecule has 1 aliphatic carbocycles. The van der Waals surface area contributed by atoms with Crippen LogP contribution in [0.1, 0.15) is 64.2 Å². The van der Waals surface area contributed by atoms with E-state index in [1.54, 1.807) is 6.08 Å². The topological polar surface area (TPSA) is 126 Å². The third-order valence-corrected chi connectivity index (χ3v) is 5.56. The number of Topliss-reactive ketones (excluding diaryl/α,β-unsaturated/α-hetero) is 2. The summed E-state index contributed by atoms with van der Waals surface area (Å²) in [6.45, 7) is 0.987. The molecule has 1 aliphatic heterocycles. The summed E-state index contributed by atoms with van der Waals surface area (Å²) in [5.74, 6) is -0.489. The summed E-state index contributed by atoms with van der Waals surface area (Å²) in [5.41, 5.74) is 0. The average molecular weight is 461 g/mol. The van der Waals surface area contributed by atoms with Crippen LogP contribution in [0.3, 0.4) is 0 Å². The fraction of sp³-hybridized carbons (Fsp3) is 0.652. The second-order valence-electron chi connectivity index (χ2n) is 8.07. The average Bonchev–Trinajstić information content (AvgIpc) is 2.84. The van der Waals surface area contributed by atoms with E-state index in [4.69, 9.17) is 4.74 Å². The van der Waals surface area contributed by atoms with Gasteiger partial charge in [0.1, 0.15) is 5.78 Å². The number of ether oxygens (including phenoxy) is 1. The summed E-state index contributed by atoms with van der Waals surface area (Å²) < 4.78 is 5.03. The fourth-order valence-corrected chi connectivity index (χ4v) is 3.80. The lowest BCUT2D eigenvalue weighted by molar-refractivity contribution is -0.129. The first-order valence-corrected chi connectivity index (χ1v) is 11.5. The number of rotatable bonds is 6. The lowest BCUT2D eigenvalue weighted by Crippen LogP contribution is -2.53. The molecule has 0 aromatic heterocycles. The molecule has 0 radical (unpaired) electrons. The Morgan fingerprint density at radius 2 is 1.94 bits per heavy atom. The Labute approximate surface area is 193 Å². The molecular weight excluding hydrogens is 428 g/mol. The first-order chi connectivity index (χ1) is 16.0. The molecule has 180 valence electrons. The molecule has 1 heterocycles. The summed E-state index contributed by atoms with van der Waals surface area (Å²) in [6.07, 6.45) is 10.3. The molecule has 10 heteroatoms. The highest BCUT2D eigenvalue weighted by atomic mass is 16.6. The van der Waals surface area contributed by atoms with E-state index >= 15 is 0 Å². The van der Waals surface area contributed by atoms with Gasteiger partial charge in [-0.05, 0) is 44.9 Å². The molecule has 0 aromatic rings. The van der Waals surface area contributed by atoms with Crippen molar-refractivity contribution in [3.8, 4) is 0 Å². The number of ketones is 2. The Morgan fingerprint density at radius 1 is 1.09 bits per heavy atom. The molecule has 0 bridgehead atoms. The van der Waals surface area contributed by atoms with Crippen LogP contribution < -0.4 is 0 Å². The summed E-state index contributed by atoms with van der Waals surface area (Å²) in [5, 5.41) is 0. The Bertz CT molecular complexity index is 803. The van der Waals surface area contributed by atoms with Crippen molar-refractivity contribution < 1.29 is 28.7 Å². The number of hydrogen-bond donors (Lipinski definition) is 0. The molecule has 1 unspecified atom stereocenters. The summed E-state index contributed by atoms with van der Waals surface area (Å²) >= 11 is 0. The number of unbranched alkanes of at least 4 members (excludes halogenated alkanes) is 1. The molecule has 33 heavy (non-hydrogen) atoms. The molecule has 0 N–H and O–H groups in total. The Kier molecular flexibility index (Phi) is 11.7. The number of amides is 3. The zero-order valence-corrected chi connectivity index (χ0v) is 18.9. The van der Waals surface area contributed by atoms with Gasteiger partial charge in [0.05, 0.1) is 19.0 Å². The van der Waals surface area contributed by atoms with E-state index in [0.717, 1.165) is 30.6 Å². The number of nitrogens with zero attached hydrogens (tertiary/aromatic N) is 4. The summed E-state index contributed by atoms with van der Waals surface area (Å²) in [4.78, 5) is 71.6. The van der Waals surface area contributed by atoms with Crippen LogP contribution in [0.4, 0.5) is 9.59 Å². The molecule has 0 fully saturated rings. The van der Waals surface area contributed by atoms with E-state index in [1.165, 1.54) is 11.0 Å². The van der Waals surface area contributed by atoms with E-state index in [0.29, 0.717) is 38.6 Å². The number of aliphatic imine (C=N–C) groups is 2. The normalized spacial score (nSPS) is 22.6. The van der Waals surface area contributed by atoms with Crippen molar-refractivity contribution in [3.63, 3.8) is 0 Å². The minimum atomic E-state index is -0.876. The van der Waals surface area contributed by atoms with E-state index < -0.39 is 18.2 Å². The van der Waals surface area contributed by atoms with E-state index in [2.05, 4.69) is 9.98 Å². The Balaban J connectivity index is 2.26. The molecule has 1 atom stereocenters. The minimum Gasteiger partial charge on any atom is -0.398 e. The molecule has 0 spiro atoms.